The fourth-order valence-corrected chi connectivity index (χ4v) is 4.23. The van der Waals surface area contributed by atoms with E-state index in [4.69, 9.17) is 20.2 Å². The third kappa shape index (κ3) is 3.13. The van der Waals surface area contributed by atoms with Crippen molar-refractivity contribution in [3.05, 3.63) is 40.8 Å². The number of benzene rings is 1. The molecule has 1 aromatic carbocycles. The summed E-state index contributed by atoms with van der Waals surface area (Å²) in [5, 5.41) is 5.34. The molecule has 2 aliphatic rings. The zero-order valence-electron chi connectivity index (χ0n) is 15.8. The number of hydrogen-bond acceptors (Lipinski definition) is 5. The van der Waals surface area contributed by atoms with E-state index >= 15 is 0 Å². The zero-order valence-corrected chi connectivity index (χ0v) is 16.6. The van der Waals surface area contributed by atoms with E-state index in [0.29, 0.717) is 17.6 Å². The zero-order chi connectivity index (χ0) is 17.9. The molecular formula is C21H25ClN4O. The van der Waals surface area contributed by atoms with Gasteiger partial charge in [-0.25, -0.2) is 0 Å². The molecule has 0 atom stereocenters. The van der Waals surface area contributed by atoms with Crippen molar-refractivity contribution in [2.75, 3.05) is 0 Å². The lowest BCUT2D eigenvalue weighted by Gasteiger charge is -2.17. The van der Waals surface area contributed by atoms with Gasteiger partial charge in [-0.1, -0.05) is 29.6 Å². The van der Waals surface area contributed by atoms with Crippen molar-refractivity contribution in [1.82, 2.24) is 15.1 Å². The van der Waals surface area contributed by atoms with Gasteiger partial charge < -0.3 is 10.3 Å². The Balaban J connectivity index is 0.00000180. The third-order valence-corrected chi connectivity index (χ3v) is 5.86. The summed E-state index contributed by atoms with van der Waals surface area (Å²) < 4.78 is 5.70. The van der Waals surface area contributed by atoms with Crippen LogP contribution in [0.25, 0.3) is 22.4 Å². The van der Waals surface area contributed by atoms with Gasteiger partial charge in [-0.15, -0.1) is 12.4 Å². The van der Waals surface area contributed by atoms with E-state index in [1.54, 1.807) is 0 Å². The van der Waals surface area contributed by atoms with Gasteiger partial charge in [0.1, 0.15) is 0 Å². The van der Waals surface area contributed by atoms with Crippen LogP contribution in [0.3, 0.4) is 0 Å². The van der Waals surface area contributed by atoms with Crippen LogP contribution in [0.15, 0.2) is 22.7 Å². The van der Waals surface area contributed by atoms with Crippen LogP contribution in [0.4, 0.5) is 0 Å². The second kappa shape index (κ2) is 6.57. The maximum atomic E-state index is 6.52. The standard InChI is InChI=1S/C21H24N4O.ClH/c1-12-9-13(2)18-15(10-12)16(11-17(23-18)14-5-6-14)19-24-20(25-26-19)21(22)7-3-4-8-21;/h9-11,14H,3-8,22H2,1-2H3;1H. The van der Waals surface area contributed by atoms with E-state index in [-0.39, 0.29) is 12.4 Å². The summed E-state index contributed by atoms with van der Waals surface area (Å²) in [4.78, 5) is 9.68. The average molecular weight is 385 g/mol. The molecule has 0 saturated heterocycles. The first kappa shape index (κ1) is 18.4. The summed E-state index contributed by atoms with van der Waals surface area (Å²) in [6.45, 7) is 4.23. The summed E-state index contributed by atoms with van der Waals surface area (Å²) in [6.07, 6.45) is 6.53. The van der Waals surface area contributed by atoms with Gasteiger partial charge in [-0.2, -0.15) is 4.98 Å². The molecule has 0 bridgehead atoms. The van der Waals surface area contributed by atoms with Crippen molar-refractivity contribution in [3.8, 4) is 11.5 Å². The Bertz CT molecular complexity index is 1000. The first-order chi connectivity index (χ1) is 12.5. The summed E-state index contributed by atoms with van der Waals surface area (Å²) in [6, 6.07) is 6.50. The SMILES string of the molecule is Cc1cc(C)c2nc(C3CC3)cc(-c3nc(C4(N)CCCC4)no3)c2c1.Cl. The monoisotopic (exact) mass is 384 g/mol. The van der Waals surface area contributed by atoms with E-state index in [9.17, 15) is 0 Å². The molecule has 2 aromatic heterocycles. The first-order valence-corrected chi connectivity index (χ1v) is 9.59. The van der Waals surface area contributed by atoms with Crippen molar-refractivity contribution in [2.24, 2.45) is 5.73 Å². The molecule has 5 nitrogen and oxygen atoms in total. The topological polar surface area (TPSA) is 77.8 Å². The third-order valence-electron chi connectivity index (χ3n) is 5.86. The molecule has 0 amide bonds. The lowest BCUT2D eigenvalue weighted by atomic mass is 9.98. The fourth-order valence-electron chi connectivity index (χ4n) is 4.23. The van der Waals surface area contributed by atoms with Crippen LogP contribution < -0.4 is 5.73 Å². The summed E-state index contributed by atoms with van der Waals surface area (Å²) in [5.74, 6) is 1.78. The number of nitrogens with two attached hydrogens (primary N) is 1. The number of aryl methyl sites for hydroxylation is 2. The van der Waals surface area contributed by atoms with Crippen LogP contribution in [0.1, 0.15) is 67.1 Å². The van der Waals surface area contributed by atoms with Crippen molar-refractivity contribution < 1.29 is 4.52 Å². The molecule has 2 aliphatic carbocycles. The van der Waals surface area contributed by atoms with Gasteiger partial charge >= 0.3 is 0 Å². The Kier molecular flexibility index (Phi) is 4.47. The van der Waals surface area contributed by atoms with Crippen LogP contribution in [0.5, 0.6) is 0 Å². The molecular weight excluding hydrogens is 360 g/mol. The largest absolute Gasteiger partial charge is 0.334 e. The lowest BCUT2D eigenvalue weighted by Crippen LogP contribution is -2.34. The van der Waals surface area contributed by atoms with E-state index in [0.717, 1.165) is 47.8 Å². The molecule has 5 rings (SSSR count). The lowest BCUT2D eigenvalue weighted by molar-refractivity contribution is 0.373. The Labute approximate surface area is 165 Å². The maximum Gasteiger partial charge on any atom is 0.258 e. The molecule has 2 fully saturated rings. The minimum absolute atomic E-state index is 0. The highest BCUT2D eigenvalue weighted by Gasteiger charge is 2.36. The minimum Gasteiger partial charge on any atom is -0.334 e. The second-order valence-corrected chi connectivity index (χ2v) is 8.13. The van der Waals surface area contributed by atoms with Gasteiger partial charge in [0.05, 0.1) is 16.6 Å². The molecule has 142 valence electrons. The highest BCUT2D eigenvalue weighted by molar-refractivity contribution is 5.95. The number of fused-ring (bicyclic) bond motifs is 1. The Morgan fingerprint density at radius 1 is 1.07 bits per heavy atom. The predicted octanol–water partition coefficient (Wildman–Crippen LogP) is 4.93. The smallest absolute Gasteiger partial charge is 0.258 e. The van der Waals surface area contributed by atoms with Crippen LogP contribution in [-0.2, 0) is 5.54 Å². The van der Waals surface area contributed by atoms with E-state index < -0.39 is 5.54 Å². The molecule has 0 aliphatic heterocycles. The quantitative estimate of drug-likeness (QED) is 0.692. The van der Waals surface area contributed by atoms with Gasteiger partial charge in [0.15, 0.2) is 5.82 Å². The minimum atomic E-state index is -0.435. The fraction of sp³-hybridized carbons (Fsp3) is 0.476. The molecule has 3 aromatic rings. The molecule has 0 unspecified atom stereocenters. The van der Waals surface area contributed by atoms with Gasteiger partial charge in [0, 0.05) is 17.0 Å². The normalized spacial score (nSPS) is 18.6. The molecule has 0 spiro atoms. The van der Waals surface area contributed by atoms with Gasteiger partial charge in [0.25, 0.3) is 5.89 Å². The van der Waals surface area contributed by atoms with Gasteiger partial charge in [-0.3, -0.25) is 4.98 Å². The maximum absolute atomic E-state index is 6.52. The number of hydrogen-bond donors (Lipinski definition) is 1. The number of pyridine rings is 1. The summed E-state index contributed by atoms with van der Waals surface area (Å²) in [5.41, 5.74) is 11.7. The van der Waals surface area contributed by atoms with Gasteiger partial charge in [0.2, 0.25) is 0 Å². The average Bonchev–Trinajstić information content (AvgIpc) is 3.16. The van der Waals surface area contributed by atoms with Gasteiger partial charge in [-0.05, 0) is 57.2 Å². The van der Waals surface area contributed by atoms with Crippen LogP contribution in [0.2, 0.25) is 0 Å². The highest BCUT2D eigenvalue weighted by atomic mass is 35.5. The second-order valence-electron chi connectivity index (χ2n) is 8.13. The van der Waals surface area contributed by atoms with Crippen LogP contribution >= 0.6 is 12.4 Å². The Morgan fingerprint density at radius 3 is 2.52 bits per heavy atom. The van der Waals surface area contributed by atoms with E-state index in [2.05, 4.69) is 37.2 Å². The number of nitrogens with zero attached hydrogens (tertiary/aromatic N) is 3. The van der Waals surface area contributed by atoms with Crippen LogP contribution in [-0.4, -0.2) is 15.1 Å². The summed E-state index contributed by atoms with van der Waals surface area (Å²) in [7, 11) is 0. The molecule has 2 saturated carbocycles. The number of halogens is 1. The Morgan fingerprint density at radius 2 is 1.81 bits per heavy atom. The van der Waals surface area contributed by atoms with E-state index in [1.807, 2.05) is 0 Å². The molecule has 2 heterocycles. The molecule has 27 heavy (non-hydrogen) atoms. The Hall–Kier alpha value is -1.98. The molecule has 2 N–H and O–H groups in total. The van der Waals surface area contributed by atoms with Crippen LogP contribution in [0, 0.1) is 13.8 Å². The number of rotatable bonds is 3. The van der Waals surface area contributed by atoms with Crippen molar-refractivity contribution in [2.45, 2.75) is 63.8 Å². The molecule has 0 radical (unpaired) electrons. The van der Waals surface area contributed by atoms with Crippen molar-refractivity contribution in [3.63, 3.8) is 0 Å². The van der Waals surface area contributed by atoms with E-state index in [1.165, 1.54) is 24.0 Å². The highest BCUT2D eigenvalue weighted by Crippen LogP contribution is 2.42. The van der Waals surface area contributed by atoms with Crippen molar-refractivity contribution in [1.29, 1.82) is 0 Å². The summed E-state index contributed by atoms with van der Waals surface area (Å²) >= 11 is 0. The number of aromatic nitrogens is 3. The first-order valence-electron chi connectivity index (χ1n) is 9.59. The molecule has 6 heteroatoms. The predicted molar refractivity (Wildman–Crippen MR) is 108 cm³/mol. The van der Waals surface area contributed by atoms with Crippen molar-refractivity contribution >= 4 is 23.3 Å².